The molecule has 5 heteroatoms. The SMILES string of the molecule is Cc1cc(C)c(NC(=S)NC(=O)c2ccccc2I)c(C)c1. The molecule has 3 nitrogen and oxygen atoms in total. The summed E-state index contributed by atoms with van der Waals surface area (Å²) in [6, 6.07) is 11.6. The highest BCUT2D eigenvalue weighted by Crippen LogP contribution is 2.21. The van der Waals surface area contributed by atoms with Crippen molar-refractivity contribution >= 4 is 51.5 Å². The van der Waals surface area contributed by atoms with E-state index in [4.69, 9.17) is 12.2 Å². The van der Waals surface area contributed by atoms with Crippen molar-refractivity contribution in [3.05, 3.63) is 62.2 Å². The summed E-state index contributed by atoms with van der Waals surface area (Å²) in [4.78, 5) is 12.2. The predicted octanol–water partition coefficient (Wildman–Crippen LogP) is 4.34. The van der Waals surface area contributed by atoms with Crippen molar-refractivity contribution in [3.63, 3.8) is 0 Å². The van der Waals surface area contributed by atoms with Crippen molar-refractivity contribution in [2.45, 2.75) is 20.8 Å². The quantitative estimate of drug-likeness (QED) is 0.557. The maximum Gasteiger partial charge on any atom is 0.258 e. The number of nitrogens with one attached hydrogen (secondary N) is 2. The predicted molar refractivity (Wildman–Crippen MR) is 103 cm³/mol. The topological polar surface area (TPSA) is 41.1 Å². The number of rotatable bonds is 2. The highest BCUT2D eigenvalue weighted by atomic mass is 127. The second kappa shape index (κ2) is 7.19. The van der Waals surface area contributed by atoms with Crippen molar-refractivity contribution in [2.24, 2.45) is 0 Å². The van der Waals surface area contributed by atoms with Crippen LogP contribution >= 0.6 is 34.8 Å². The highest BCUT2D eigenvalue weighted by Gasteiger charge is 2.12. The zero-order valence-corrected chi connectivity index (χ0v) is 15.6. The molecule has 0 aliphatic carbocycles. The number of amides is 1. The highest BCUT2D eigenvalue weighted by molar-refractivity contribution is 14.1. The van der Waals surface area contributed by atoms with E-state index in [0.29, 0.717) is 10.7 Å². The lowest BCUT2D eigenvalue weighted by molar-refractivity contribution is 0.0977. The van der Waals surface area contributed by atoms with Gasteiger partial charge in [-0.15, -0.1) is 0 Å². The fourth-order valence-corrected chi connectivity index (χ4v) is 3.16. The van der Waals surface area contributed by atoms with Crippen LogP contribution in [0.1, 0.15) is 27.0 Å². The minimum Gasteiger partial charge on any atom is -0.332 e. The Morgan fingerprint density at radius 1 is 1.09 bits per heavy atom. The third-order valence-corrected chi connectivity index (χ3v) is 4.41. The average molecular weight is 424 g/mol. The molecular formula is C17H17IN2OS. The first kappa shape index (κ1) is 16.9. The largest absolute Gasteiger partial charge is 0.332 e. The fraction of sp³-hybridized carbons (Fsp3) is 0.176. The van der Waals surface area contributed by atoms with Gasteiger partial charge in [-0.3, -0.25) is 10.1 Å². The van der Waals surface area contributed by atoms with Gasteiger partial charge >= 0.3 is 0 Å². The van der Waals surface area contributed by atoms with Gasteiger partial charge in [-0.05, 0) is 78.8 Å². The number of benzene rings is 2. The standard InChI is InChI=1S/C17H17IN2OS/c1-10-8-11(2)15(12(3)9-10)19-17(22)20-16(21)13-6-4-5-7-14(13)18/h4-9H,1-3H3,(H2,19,20,21,22). The first-order chi connectivity index (χ1) is 10.4. The van der Waals surface area contributed by atoms with Crippen molar-refractivity contribution in [1.82, 2.24) is 5.32 Å². The lowest BCUT2D eigenvalue weighted by Gasteiger charge is -2.15. The minimum atomic E-state index is -0.204. The van der Waals surface area contributed by atoms with Crippen LogP contribution in [-0.4, -0.2) is 11.0 Å². The Morgan fingerprint density at radius 3 is 2.27 bits per heavy atom. The number of aryl methyl sites for hydroxylation is 3. The van der Waals surface area contributed by atoms with E-state index >= 15 is 0 Å². The van der Waals surface area contributed by atoms with E-state index in [1.807, 2.05) is 32.0 Å². The molecule has 0 bridgehead atoms. The van der Waals surface area contributed by atoms with E-state index in [-0.39, 0.29) is 5.91 Å². The molecule has 0 spiro atoms. The molecule has 0 aromatic heterocycles. The second-order valence-corrected chi connectivity index (χ2v) is 6.73. The molecule has 0 aliphatic heterocycles. The summed E-state index contributed by atoms with van der Waals surface area (Å²) >= 11 is 7.40. The summed E-state index contributed by atoms with van der Waals surface area (Å²) in [5, 5.41) is 6.16. The molecule has 2 aromatic rings. The molecule has 22 heavy (non-hydrogen) atoms. The van der Waals surface area contributed by atoms with Crippen LogP contribution in [-0.2, 0) is 0 Å². The molecule has 114 valence electrons. The van der Waals surface area contributed by atoms with E-state index < -0.39 is 0 Å². The number of thiocarbonyl (C=S) groups is 1. The molecule has 0 atom stereocenters. The van der Waals surface area contributed by atoms with Gasteiger partial charge in [0.2, 0.25) is 0 Å². The van der Waals surface area contributed by atoms with Crippen molar-refractivity contribution in [1.29, 1.82) is 0 Å². The molecule has 0 unspecified atom stereocenters. The summed E-state index contributed by atoms with van der Waals surface area (Å²) in [6.45, 7) is 6.10. The second-order valence-electron chi connectivity index (χ2n) is 5.16. The number of hydrogen-bond acceptors (Lipinski definition) is 2. The Balaban J connectivity index is 2.11. The fourth-order valence-electron chi connectivity index (χ4n) is 2.34. The van der Waals surface area contributed by atoms with E-state index in [0.717, 1.165) is 20.4 Å². The van der Waals surface area contributed by atoms with E-state index in [1.165, 1.54) is 5.56 Å². The van der Waals surface area contributed by atoms with Crippen molar-refractivity contribution in [2.75, 3.05) is 5.32 Å². The van der Waals surface area contributed by atoms with Gasteiger partial charge in [0.1, 0.15) is 0 Å². The van der Waals surface area contributed by atoms with Crippen LogP contribution in [0.4, 0.5) is 5.69 Å². The lowest BCUT2D eigenvalue weighted by Crippen LogP contribution is -2.34. The van der Waals surface area contributed by atoms with Crippen molar-refractivity contribution in [3.8, 4) is 0 Å². The van der Waals surface area contributed by atoms with Crippen LogP contribution in [0.5, 0.6) is 0 Å². The van der Waals surface area contributed by atoms with Gasteiger partial charge in [-0.2, -0.15) is 0 Å². The Kier molecular flexibility index (Phi) is 5.52. The molecule has 1 amide bonds. The number of halogens is 1. The van der Waals surface area contributed by atoms with Gasteiger partial charge in [-0.1, -0.05) is 29.8 Å². The van der Waals surface area contributed by atoms with Gasteiger partial charge in [0, 0.05) is 9.26 Å². The first-order valence-corrected chi connectivity index (χ1v) is 8.32. The maximum absolute atomic E-state index is 12.2. The summed E-state index contributed by atoms with van der Waals surface area (Å²) in [6.07, 6.45) is 0. The normalized spacial score (nSPS) is 10.2. The van der Waals surface area contributed by atoms with Crippen molar-refractivity contribution < 1.29 is 4.79 Å². The number of anilines is 1. The third-order valence-electron chi connectivity index (χ3n) is 3.26. The van der Waals surface area contributed by atoms with Gasteiger partial charge in [0.15, 0.2) is 5.11 Å². The molecule has 2 aromatic carbocycles. The van der Waals surface area contributed by atoms with Crippen LogP contribution in [0.15, 0.2) is 36.4 Å². The van der Waals surface area contributed by atoms with E-state index in [1.54, 1.807) is 6.07 Å². The van der Waals surface area contributed by atoms with E-state index in [2.05, 4.69) is 52.3 Å². The summed E-state index contributed by atoms with van der Waals surface area (Å²) in [7, 11) is 0. The van der Waals surface area contributed by atoms with Crippen LogP contribution in [0.25, 0.3) is 0 Å². The Labute approximate surface area is 149 Å². The van der Waals surface area contributed by atoms with Crippen LogP contribution < -0.4 is 10.6 Å². The lowest BCUT2D eigenvalue weighted by atomic mass is 10.1. The van der Waals surface area contributed by atoms with E-state index in [9.17, 15) is 4.79 Å². The zero-order valence-electron chi connectivity index (χ0n) is 12.7. The molecular weight excluding hydrogens is 407 g/mol. The smallest absolute Gasteiger partial charge is 0.258 e. The average Bonchev–Trinajstić information content (AvgIpc) is 2.43. The summed E-state index contributed by atoms with van der Waals surface area (Å²) in [5.74, 6) is -0.204. The minimum absolute atomic E-state index is 0.204. The van der Waals surface area contributed by atoms with Crippen LogP contribution in [0.3, 0.4) is 0 Å². The molecule has 0 fully saturated rings. The molecule has 0 heterocycles. The Morgan fingerprint density at radius 2 is 1.68 bits per heavy atom. The number of hydrogen-bond donors (Lipinski definition) is 2. The van der Waals surface area contributed by atoms with Gasteiger partial charge in [0.25, 0.3) is 5.91 Å². The molecule has 2 N–H and O–H groups in total. The first-order valence-electron chi connectivity index (χ1n) is 6.83. The summed E-state index contributed by atoms with van der Waals surface area (Å²) < 4.78 is 0.892. The summed E-state index contributed by atoms with van der Waals surface area (Å²) in [5.41, 5.74) is 4.96. The molecule has 0 saturated heterocycles. The van der Waals surface area contributed by atoms with Gasteiger partial charge in [-0.25, -0.2) is 0 Å². The van der Waals surface area contributed by atoms with Gasteiger partial charge in [0.05, 0.1) is 5.56 Å². The Bertz CT molecular complexity index is 720. The third kappa shape index (κ3) is 4.04. The molecule has 0 saturated carbocycles. The Hall–Kier alpha value is -1.47. The van der Waals surface area contributed by atoms with Gasteiger partial charge < -0.3 is 5.32 Å². The maximum atomic E-state index is 12.2. The zero-order chi connectivity index (χ0) is 16.3. The van der Waals surface area contributed by atoms with Crippen LogP contribution in [0.2, 0.25) is 0 Å². The number of carbonyl (C=O) groups excluding carboxylic acids is 1. The monoisotopic (exact) mass is 424 g/mol. The molecule has 0 aliphatic rings. The van der Waals surface area contributed by atoms with Crippen LogP contribution in [0, 0.1) is 24.3 Å². The molecule has 2 rings (SSSR count). The molecule has 0 radical (unpaired) electrons. The number of carbonyl (C=O) groups is 1.